The highest BCUT2D eigenvalue weighted by molar-refractivity contribution is 6.12. The van der Waals surface area contributed by atoms with E-state index in [-0.39, 0.29) is 0 Å². The van der Waals surface area contributed by atoms with Gasteiger partial charge in [0.25, 0.3) is 0 Å². The van der Waals surface area contributed by atoms with Gasteiger partial charge >= 0.3 is 0 Å². The predicted octanol–water partition coefficient (Wildman–Crippen LogP) is 18.7. The van der Waals surface area contributed by atoms with Crippen molar-refractivity contribution in [1.29, 1.82) is 0 Å². The maximum atomic E-state index is 2.41. The normalized spacial score (nSPS) is 11.7. The third-order valence-electron chi connectivity index (χ3n) is 14.4. The van der Waals surface area contributed by atoms with Crippen LogP contribution in [0.2, 0.25) is 0 Å². The van der Waals surface area contributed by atoms with Crippen LogP contribution in [0.1, 0.15) is 0 Å². The summed E-state index contributed by atoms with van der Waals surface area (Å²) in [5.74, 6) is 0. The van der Waals surface area contributed by atoms with E-state index in [1.54, 1.807) is 0 Å². The molecule has 0 saturated carbocycles. The van der Waals surface area contributed by atoms with Gasteiger partial charge < -0.3 is 14.0 Å². The minimum Gasteiger partial charge on any atom is -0.310 e. The van der Waals surface area contributed by atoms with Crippen LogP contribution in [-0.2, 0) is 0 Å². The van der Waals surface area contributed by atoms with Gasteiger partial charge in [0.05, 0.1) is 27.8 Å². The molecule has 0 N–H and O–H groups in total. The Hall–Kier alpha value is -9.44. The Labute approximate surface area is 412 Å². The summed E-state index contributed by atoms with van der Waals surface area (Å²) < 4.78 is 4.82. The van der Waals surface area contributed by atoms with Gasteiger partial charge in [0.1, 0.15) is 0 Å². The van der Waals surface area contributed by atoms with Crippen LogP contribution in [0.15, 0.2) is 273 Å². The Kier molecular flexibility index (Phi) is 9.53. The first kappa shape index (κ1) is 40.6. The fourth-order valence-electron chi connectivity index (χ4n) is 11.2. The summed E-state index contributed by atoms with van der Waals surface area (Å²) in [5, 5.41) is 9.76. The van der Waals surface area contributed by atoms with Gasteiger partial charge in [0.15, 0.2) is 0 Å². The average molecular weight is 904 g/mol. The van der Waals surface area contributed by atoms with Crippen LogP contribution < -0.4 is 4.90 Å². The lowest BCUT2D eigenvalue weighted by atomic mass is 9.90. The maximum absolute atomic E-state index is 2.41. The molecule has 0 bridgehead atoms. The molecule has 0 radical (unpaired) electrons. The lowest BCUT2D eigenvalue weighted by Gasteiger charge is -2.28. The van der Waals surface area contributed by atoms with E-state index in [2.05, 4.69) is 287 Å². The summed E-state index contributed by atoms with van der Waals surface area (Å²) in [5.41, 5.74) is 17.4. The lowest BCUT2D eigenvalue weighted by molar-refractivity contribution is 1.18. The number of rotatable bonds is 8. The minimum absolute atomic E-state index is 1.11. The van der Waals surface area contributed by atoms with Crippen molar-refractivity contribution in [2.75, 3.05) is 4.90 Å². The van der Waals surface area contributed by atoms with Crippen molar-refractivity contribution in [3.63, 3.8) is 0 Å². The average Bonchev–Trinajstić information content (AvgIpc) is 3.96. The molecule has 0 amide bonds. The number of anilines is 3. The molecular formula is C68H45N3. The van der Waals surface area contributed by atoms with Gasteiger partial charge in [-0.15, -0.1) is 0 Å². The smallest absolute Gasteiger partial charge is 0.0547 e. The van der Waals surface area contributed by atoms with Crippen LogP contribution in [0.4, 0.5) is 17.1 Å². The van der Waals surface area contributed by atoms with Crippen molar-refractivity contribution >= 4 is 82.2 Å². The van der Waals surface area contributed by atoms with Crippen LogP contribution in [0, 0.1) is 0 Å². The van der Waals surface area contributed by atoms with E-state index in [0.717, 1.165) is 56.3 Å². The number of fused-ring (bicyclic) bond motifs is 8. The van der Waals surface area contributed by atoms with Crippen molar-refractivity contribution in [1.82, 2.24) is 9.13 Å². The second-order valence-corrected chi connectivity index (χ2v) is 18.5. The summed E-state index contributed by atoms with van der Waals surface area (Å²) in [6.07, 6.45) is 0. The molecule has 332 valence electrons. The third kappa shape index (κ3) is 6.82. The van der Waals surface area contributed by atoms with Gasteiger partial charge in [-0.1, -0.05) is 176 Å². The molecule has 12 aromatic carbocycles. The molecule has 0 saturated heterocycles. The van der Waals surface area contributed by atoms with E-state index >= 15 is 0 Å². The van der Waals surface area contributed by atoms with Crippen molar-refractivity contribution in [3.05, 3.63) is 273 Å². The van der Waals surface area contributed by atoms with E-state index in [1.807, 2.05) is 0 Å². The van der Waals surface area contributed by atoms with E-state index in [1.165, 1.54) is 70.7 Å². The molecule has 0 atom stereocenters. The number of hydrogen-bond acceptors (Lipinski definition) is 1. The summed E-state index contributed by atoms with van der Waals surface area (Å²) in [4.78, 5) is 2.41. The Morgan fingerprint density at radius 1 is 0.239 bits per heavy atom. The fraction of sp³-hybridized carbons (Fsp3) is 0. The largest absolute Gasteiger partial charge is 0.310 e. The Morgan fingerprint density at radius 2 is 0.704 bits per heavy atom. The number of benzene rings is 12. The summed E-state index contributed by atoms with van der Waals surface area (Å²) in [7, 11) is 0. The SMILES string of the molecule is c1ccc(N(c2ccc3ccccc3c2)c2ccc(-c3cc(-c4ccc5c6ccccc6n(-c6ccccc6)c5c4)cc(-c4ccc5c6ccccc6n(-c6ccccc6)c5c4)c3)c3ccccc23)cc1. The van der Waals surface area contributed by atoms with Crippen LogP contribution in [0.25, 0.3) is 110 Å². The first-order chi connectivity index (χ1) is 35.2. The number of aromatic nitrogens is 2. The monoisotopic (exact) mass is 903 g/mol. The number of para-hydroxylation sites is 5. The molecule has 0 aliphatic heterocycles. The van der Waals surface area contributed by atoms with Gasteiger partial charge in [0, 0.05) is 49.7 Å². The van der Waals surface area contributed by atoms with E-state index < -0.39 is 0 Å². The summed E-state index contributed by atoms with van der Waals surface area (Å²) in [6.45, 7) is 0. The van der Waals surface area contributed by atoms with Gasteiger partial charge in [0.2, 0.25) is 0 Å². The Bertz CT molecular complexity index is 4160. The highest BCUT2D eigenvalue weighted by Gasteiger charge is 2.20. The zero-order valence-electron chi connectivity index (χ0n) is 38.8. The van der Waals surface area contributed by atoms with Gasteiger partial charge in [-0.05, 0) is 147 Å². The van der Waals surface area contributed by atoms with Crippen LogP contribution in [0.5, 0.6) is 0 Å². The van der Waals surface area contributed by atoms with E-state index in [0.29, 0.717) is 0 Å². The van der Waals surface area contributed by atoms with Crippen LogP contribution in [-0.4, -0.2) is 9.13 Å². The van der Waals surface area contributed by atoms with Crippen LogP contribution in [0.3, 0.4) is 0 Å². The zero-order valence-corrected chi connectivity index (χ0v) is 38.8. The van der Waals surface area contributed by atoms with Gasteiger partial charge in [-0.3, -0.25) is 0 Å². The van der Waals surface area contributed by atoms with E-state index in [4.69, 9.17) is 0 Å². The second kappa shape index (κ2) is 16.7. The number of nitrogens with zero attached hydrogens (tertiary/aromatic N) is 3. The van der Waals surface area contributed by atoms with Crippen molar-refractivity contribution < 1.29 is 0 Å². The highest BCUT2D eigenvalue weighted by atomic mass is 15.1. The molecule has 3 nitrogen and oxygen atoms in total. The molecule has 14 rings (SSSR count). The zero-order chi connectivity index (χ0) is 46.8. The van der Waals surface area contributed by atoms with Crippen molar-refractivity contribution in [3.8, 4) is 44.8 Å². The molecule has 3 heteroatoms. The summed E-state index contributed by atoms with van der Waals surface area (Å²) >= 11 is 0. The van der Waals surface area contributed by atoms with Gasteiger partial charge in [-0.2, -0.15) is 0 Å². The highest BCUT2D eigenvalue weighted by Crippen LogP contribution is 2.45. The van der Waals surface area contributed by atoms with Gasteiger partial charge in [-0.25, -0.2) is 0 Å². The molecule has 0 unspecified atom stereocenters. The predicted molar refractivity (Wildman–Crippen MR) is 301 cm³/mol. The van der Waals surface area contributed by atoms with Crippen molar-refractivity contribution in [2.45, 2.75) is 0 Å². The van der Waals surface area contributed by atoms with Crippen molar-refractivity contribution in [2.24, 2.45) is 0 Å². The first-order valence-corrected chi connectivity index (χ1v) is 24.4. The molecule has 0 aliphatic carbocycles. The Balaban J connectivity index is 1.00. The molecule has 0 fully saturated rings. The fourth-order valence-corrected chi connectivity index (χ4v) is 11.2. The minimum atomic E-state index is 1.11. The topological polar surface area (TPSA) is 13.1 Å². The third-order valence-corrected chi connectivity index (χ3v) is 14.4. The maximum Gasteiger partial charge on any atom is 0.0547 e. The summed E-state index contributed by atoms with van der Waals surface area (Å²) in [6, 6.07) is 100.0. The first-order valence-electron chi connectivity index (χ1n) is 24.4. The lowest BCUT2D eigenvalue weighted by Crippen LogP contribution is -2.10. The second-order valence-electron chi connectivity index (χ2n) is 18.5. The molecule has 14 aromatic rings. The van der Waals surface area contributed by atoms with Crippen LogP contribution >= 0.6 is 0 Å². The number of hydrogen-bond donors (Lipinski definition) is 0. The quantitative estimate of drug-likeness (QED) is 0.148. The molecule has 2 heterocycles. The molecular weight excluding hydrogens is 859 g/mol. The Morgan fingerprint density at radius 3 is 1.30 bits per heavy atom. The molecule has 0 aliphatic rings. The van der Waals surface area contributed by atoms with E-state index in [9.17, 15) is 0 Å². The molecule has 0 spiro atoms. The molecule has 2 aromatic heterocycles. The standard InChI is InChI=1S/C68H45N3/c1-4-20-53(21-5-1)69(56-35-32-46-18-10-11-19-47(46)43-56)66-39-38-57(58-26-12-13-27-59(58)66)52-41-50(48-33-36-62-60-28-14-16-30-64(60)70(67(62)44-48)54-22-6-2-7-23-54)40-51(42-52)49-34-37-63-61-29-15-17-31-65(61)71(68(63)45-49)55-24-8-3-9-25-55/h1-45H. The molecule has 71 heavy (non-hydrogen) atoms.